The van der Waals surface area contributed by atoms with Crippen molar-refractivity contribution in [1.29, 1.82) is 0 Å². The molecule has 5 N–H and O–H groups in total. The lowest BCUT2D eigenvalue weighted by Crippen LogP contribution is -2.03. The van der Waals surface area contributed by atoms with Crippen molar-refractivity contribution in [3.63, 3.8) is 0 Å². The van der Waals surface area contributed by atoms with Gasteiger partial charge in [-0.2, -0.15) is 0 Å². The summed E-state index contributed by atoms with van der Waals surface area (Å²) in [5, 5.41) is 9.09. The topological polar surface area (TPSA) is 89.3 Å². The highest BCUT2D eigenvalue weighted by atomic mass is 16.3. The van der Waals surface area contributed by atoms with Crippen LogP contribution in [0.25, 0.3) is 0 Å². The van der Waals surface area contributed by atoms with Gasteiger partial charge in [-0.25, -0.2) is 0 Å². The number of nitrogen functional groups attached to an aromatic ring is 2. The number of carbonyl (C=O) groups is 1. The van der Waals surface area contributed by atoms with E-state index in [0.717, 1.165) is 0 Å². The van der Waals surface area contributed by atoms with Crippen molar-refractivity contribution in [1.82, 2.24) is 0 Å². The molecule has 0 saturated carbocycles. The van der Waals surface area contributed by atoms with E-state index in [9.17, 15) is 4.79 Å². The smallest absolute Gasteiger partial charge is 0.161 e. The molecule has 12 heavy (non-hydrogen) atoms. The Morgan fingerprint density at radius 3 is 2.42 bits per heavy atom. The molecule has 4 nitrogen and oxygen atoms in total. The fraction of sp³-hybridized carbons (Fsp3) is 0.125. The number of Topliss-reactive ketones (excluding diaryl/α,β-unsaturated/α-hetero) is 1. The molecular formula is C8H10N2O2. The lowest BCUT2D eigenvalue weighted by Gasteiger charge is -2.06. The van der Waals surface area contributed by atoms with Crippen molar-refractivity contribution in [3.8, 4) is 5.75 Å². The predicted molar refractivity (Wildman–Crippen MR) is 46.9 cm³/mol. The van der Waals surface area contributed by atoms with E-state index in [1.807, 2.05) is 0 Å². The standard InChI is InChI=1S/C8H10N2O2/c1-4(11)5-2-3-6(12)8(10)7(5)9/h2-3,12H,9-10H2,1H3. The minimum absolute atomic E-state index is 0.0581. The average Bonchev–Trinajstić information content (AvgIpc) is 2.00. The number of aromatic hydroxyl groups is 1. The first kappa shape index (κ1) is 8.39. The van der Waals surface area contributed by atoms with Crippen molar-refractivity contribution >= 4 is 17.2 Å². The maximum Gasteiger partial charge on any atom is 0.161 e. The van der Waals surface area contributed by atoms with Crippen molar-refractivity contribution in [2.45, 2.75) is 6.92 Å². The number of rotatable bonds is 1. The number of nitrogens with two attached hydrogens (primary N) is 2. The second kappa shape index (κ2) is 2.73. The zero-order chi connectivity index (χ0) is 9.30. The molecule has 1 rings (SSSR count). The van der Waals surface area contributed by atoms with Gasteiger partial charge in [-0.3, -0.25) is 4.79 Å². The average molecular weight is 166 g/mol. The number of ketones is 1. The Bertz CT molecular complexity index is 334. The third-order valence-electron chi connectivity index (χ3n) is 1.64. The Balaban J connectivity index is 3.36. The molecule has 0 atom stereocenters. The van der Waals surface area contributed by atoms with E-state index in [4.69, 9.17) is 16.6 Å². The molecule has 1 aromatic carbocycles. The Kier molecular flexibility index (Phi) is 1.91. The van der Waals surface area contributed by atoms with E-state index in [1.54, 1.807) is 0 Å². The molecule has 0 radical (unpaired) electrons. The van der Waals surface area contributed by atoms with Gasteiger partial charge in [0, 0.05) is 5.56 Å². The van der Waals surface area contributed by atoms with Crippen LogP contribution in [0.4, 0.5) is 11.4 Å². The van der Waals surface area contributed by atoms with Crippen molar-refractivity contribution in [3.05, 3.63) is 17.7 Å². The molecule has 0 heterocycles. The van der Waals surface area contributed by atoms with Gasteiger partial charge in [0.05, 0.1) is 11.4 Å². The van der Waals surface area contributed by atoms with Crippen LogP contribution in [0, 0.1) is 0 Å². The summed E-state index contributed by atoms with van der Waals surface area (Å²) in [5.74, 6) is -0.267. The maximum absolute atomic E-state index is 10.9. The number of phenols is 1. The molecule has 0 bridgehead atoms. The highest BCUT2D eigenvalue weighted by Crippen LogP contribution is 2.29. The van der Waals surface area contributed by atoms with Crippen molar-refractivity contribution in [2.75, 3.05) is 11.5 Å². The summed E-state index contributed by atoms with van der Waals surface area (Å²) in [5.41, 5.74) is 11.4. The van der Waals surface area contributed by atoms with Gasteiger partial charge in [-0.15, -0.1) is 0 Å². The lowest BCUT2D eigenvalue weighted by atomic mass is 10.1. The van der Waals surface area contributed by atoms with Crippen LogP contribution in [-0.2, 0) is 0 Å². The first-order valence-electron chi connectivity index (χ1n) is 3.42. The van der Waals surface area contributed by atoms with Gasteiger partial charge in [-0.1, -0.05) is 0 Å². The van der Waals surface area contributed by atoms with E-state index >= 15 is 0 Å². The lowest BCUT2D eigenvalue weighted by molar-refractivity contribution is 0.101. The van der Waals surface area contributed by atoms with Crippen LogP contribution in [0.5, 0.6) is 5.75 Å². The van der Waals surface area contributed by atoms with Crippen LogP contribution in [0.1, 0.15) is 17.3 Å². The van der Waals surface area contributed by atoms with Crippen LogP contribution in [0.2, 0.25) is 0 Å². The Hall–Kier alpha value is -1.71. The number of phenolic OH excluding ortho intramolecular Hbond substituents is 1. The largest absolute Gasteiger partial charge is 0.506 e. The van der Waals surface area contributed by atoms with Gasteiger partial charge in [0.2, 0.25) is 0 Å². The SMILES string of the molecule is CC(=O)c1ccc(O)c(N)c1N. The third-order valence-corrected chi connectivity index (χ3v) is 1.64. The van der Waals surface area contributed by atoms with Crippen LogP contribution < -0.4 is 11.5 Å². The second-order valence-corrected chi connectivity index (χ2v) is 2.52. The fourth-order valence-corrected chi connectivity index (χ4v) is 0.932. The Morgan fingerprint density at radius 1 is 1.33 bits per heavy atom. The normalized spacial score (nSPS) is 9.75. The molecule has 0 amide bonds. The van der Waals surface area contributed by atoms with Crippen molar-refractivity contribution in [2.24, 2.45) is 0 Å². The fourth-order valence-electron chi connectivity index (χ4n) is 0.932. The molecule has 0 aliphatic carbocycles. The van der Waals surface area contributed by atoms with Gasteiger partial charge in [0.25, 0.3) is 0 Å². The molecule has 1 aromatic rings. The summed E-state index contributed by atoms with van der Waals surface area (Å²) < 4.78 is 0. The maximum atomic E-state index is 10.9. The molecule has 0 saturated heterocycles. The summed E-state index contributed by atoms with van der Waals surface area (Å²) in [6.45, 7) is 1.39. The molecule has 4 heteroatoms. The number of hydrogen-bond donors (Lipinski definition) is 3. The molecule has 0 fully saturated rings. The van der Waals surface area contributed by atoms with Gasteiger partial charge in [-0.05, 0) is 19.1 Å². The first-order chi connectivity index (χ1) is 5.54. The molecular weight excluding hydrogens is 156 g/mol. The number of benzene rings is 1. The third kappa shape index (κ3) is 1.18. The van der Waals surface area contributed by atoms with Crippen LogP contribution in [0.3, 0.4) is 0 Å². The quantitative estimate of drug-likeness (QED) is 0.326. The Morgan fingerprint density at radius 2 is 1.92 bits per heavy atom. The first-order valence-corrected chi connectivity index (χ1v) is 3.42. The Labute approximate surface area is 69.8 Å². The van der Waals surface area contributed by atoms with Crippen molar-refractivity contribution < 1.29 is 9.90 Å². The van der Waals surface area contributed by atoms with Gasteiger partial charge < -0.3 is 16.6 Å². The highest BCUT2D eigenvalue weighted by Gasteiger charge is 2.09. The number of anilines is 2. The summed E-state index contributed by atoms with van der Waals surface area (Å²) in [6.07, 6.45) is 0. The zero-order valence-corrected chi connectivity index (χ0v) is 6.66. The van der Waals surface area contributed by atoms with Crippen LogP contribution >= 0.6 is 0 Å². The summed E-state index contributed by atoms with van der Waals surface area (Å²) in [7, 11) is 0. The minimum atomic E-state index is -0.167. The molecule has 0 aliphatic heterocycles. The molecule has 0 unspecified atom stereocenters. The van der Waals surface area contributed by atoms with Gasteiger partial charge in [0.1, 0.15) is 5.75 Å². The van der Waals surface area contributed by atoms with Gasteiger partial charge in [0.15, 0.2) is 5.78 Å². The van der Waals surface area contributed by atoms with E-state index < -0.39 is 0 Å². The molecule has 0 aliphatic rings. The monoisotopic (exact) mass is 166 g/mol. The van der Waals surface area contributed by atoms with Crippen LogP contribution in [-0.4, -0.2) is 10.9 Å². The van der Waals surface area contributed by atoms with Crippen LogP contribution in [0.15, 0.2) is 12.1 Å². The molecule has 0 spiro atoms. The van der Waals surface area contributed by atoms with E-state index in [1.165, 1.54) is 19.1 Å². The minimum Gasteiger partial charge on any atom is -0.506 e. The summed E-state index contributed by atoms with van der Waals surface area (Å²) >= 11 is 0. The van der Waals surface area contributed by atoms with E-state index in [-0.39, 0.29) is 22.9 Å². The number of hydrogen-bond acceptors (Lipinski definition) is 4. The zero-order valence-electron chi connectivity index (χ0n) is 6.66. The highest BCUT2D eigenvalue weighted by molar-refractivity contribution is 6.02. The summed E-state index contributed by atoms with van der Waals surface area (Å²) in [4.78, 5) is 10.9. The van der Waals surface area contributed by atoms with E-state index in [2.05, 4.69) is 0 Å². The predicted octanol–water partition coefficient (Wildman–Crippen LogP) is 0.759. The second-order valence-electron chi connectivity index (χ2n) is 2.52. The molecule has 64 valence electrons. The van der Waals surface area contributed by atoms with E-state index in [0.29, 0.717) is 5.56 Å². The molecule has 0 aromatic heterocycles. The summed E-state index contributed by atoms with van der Waals surface area (Å²) in [6, 6.07) is 2.80. The number of carbonyl (C=O) groups excluding carboxylic acids is 1. The van der Waals surface area contributed by atoms with Gasteiger partial charge >= 0.3 is 0 Å².